The Labute approximate surface area is 92.9 Å². The van der Waals surface area contributed by atoms with Gasteiger partial charge in [-0.15, -0.1) is 0 Å². The van der Waals surface area contributed by atoms with E-state index in [0.717, 1.165) is 6.42 Å². The maximum absolute atomic E-state index is 9.60. The zero-order valence-corrected chi connectivity index (χ0v) is 8.76. The summed E-state index contributed by atoms with van der Waals surface area (Å²) in [4.78, 5) is 4.19. The van der Waals surface area contributed by atoms with Crippen molar-refractivity contribution in [1.29, 1.82) is 0 Å². The van der Waals surface area contributed by atoms with Gasteiger partial charge in [0.25, 0.3) is 5.89 Å². The maximum atomic E-state index is 9.60. The van der Waals surface area contributed by atoms with Crippen LogP contribution in [-0.2, 0) is 6.42 Å². The van der Waals surface area contributed by atoms with Gasteiger partial charge in [-0.2, -0.15) is 4.98 Å². The first-order chi connectivity index (χ1) is 7.81. The van der Waals surface area contributed by atoms with Gasteiger partial charge >= 0.3 is 0 Å². The minimum absolute atomic E-state index is 0.136. The lowest BCUT2D eigenvalue weighted by molar-refractivity contribution is 0.417. The summed E-state index contributed by atoms with van der Waals surface area (Å²) in [5, 5.41) is 13.4. The number of aromatic nitrogens is 2. The quantitative estimate of drug-likeness (QED) is 0.810. The van der Waals surface area contributed by atoms with Crippen molar-refractivity contribution in [3.05, 3.63) is 30.1 Å². The first kappa shape index (κ1) is 10.6. The number of phenolic OH excluding ortho intramolecular Hbond substituents is 1. The van der Waals surface area contributed by atoms with E-state index in [1.165, 1.54) is 0 Å². The molecule has 0 radical (unpaired) electrons. The molecule has 5 heteroatoms. The third kappa shape index (κ3) is 2.20. The van der Waals surface area contributed by atoms with Crippen molar-refractivity contribution in [3.63, 3.8) is 0 Å². The van der Waals surface area contributed by atoms with Gasteiger partial charge in [0.05, 0.1) is 5.56 Å². The minimum atomic E-state index is 0.136. The lowest BCUT2D eigenvalue weighted by Gasteiger charge is -1.96. The summed E-state index contributed by atoms with van der Waals surface area (Å²) in [6.45, 7) is 0.598. The summed E-state index contributed by atoms with van der Waals surface area (Å²) in [6, 6.07) is 6.86. The lowest BCUT2D eigenvalue weighted by atomic mass is 10.2. The predicted molar refractivity (Wildman–Crippen MR) is 58.8 cm³/mol. The molecule has 1 aromatic carbocycles. The first-order valence-electron chi connectivity index (χ1n) is 5.12. The molecule has 1 aromatic heterocycles. The largest absolute Gasteiger partial charge is 0.507 e. The monoisotopic (exact) mass is 219 g/mol. The Balaban J connectivity index is 2.22. The van der Waals surface area contributed by atoms with Crippen molar-refractivity contribution in [1.82, 2.24) is 10.1 Å². The van der Waals surface area contributed by atoms with Crippen LogP contribution in [-0.4, -0.2) is 21.8 Å². The smallest absolute Gasteiger partial charge is 0.261 e. The van der Waals surface area contributed by atoms with E-state index in [2.05, 4.69) is 10.1 Å². The Kier molecular flexibility index (Phi) is 3.16. The highest BCUT2D eigenvalue weighted by Crippen LogP contribution is 2.26. The molecule has 0 aliphatic rings. The minimum Gasteiger partial charge on any atom is -0.507 e. The molecule has 0 unspecified atom stereocenters. The molecule has 0 aliphatic heterocycles. The van der Waals surface area contributed by atoms with Crippen LogP contribution in [0.4, 0.5) is 0 Å². The van der Waals surface area contributed by atoms with Crippen molar-refractivity contribution < 1.29 is 9.63 Å². The van der Waals surface area contributed by atoms with Crippen molar-refractivity contribution >= 4 is 0 Å². The van der Waals surface area contributed by atoms with E-state index >= 15 is 0 Å². The second-order valence-electron chi connectivity index (χ2n) is 3.43. The zero-order valence-electron chi connectivity index (χ0n) is 8.76. The molecule has 0 atom stereocenters. The van der Waals surface area contributed by atoms with Gasteiger partial charge in [-0.3, -0.25) is 0 Å². The van der Waals surface area contributed by atoms with Crippen LogP contribution in [0, 0.1) is 0 Å². The fraction of sp³-hybridized carbons (Fsp3) is 0.273. The van der Waals surface area contributed by atoms with Crippen LogP contribution in [0.2, 0.25) is 0 Å². The van der Waals surface area contributed by atoms with E-state index in [0.29, 0.717) is 30.2 Å². The van der Waals surface area contributed by atoms with E-state index < -0.39 is 0 Å². The molecule has 0 spiro atoms. The molecule has 16 heavy (non-hydrogen) atoms. The average molecular weight is 219 g/mol. The maximum Gasteiger partial charge on any atom is 0.261 e. The van der Waals surface area contributed by atoms with E-state index in [1.54, 1.807) is 24.3 Å². The van der Waals surface area contributed by atoms with Crippen LogP contribution in [0.3, 0.4) is 0 Å². The predicted octanol–water partition coefficient (Wildman–Crippen LogP) is 1.33. The van der Waals surface area contributed by atoms with Gasteiger partial charge in [-0.1, -0.05) is 17.3 Å². The number of nitrogens with two attached hydrogens (primary N) is 1. The van der Waals surface area contributed by atoms with Crippen LogP contribution in [0.5, 0.6) is 5.75 Å². The highest BCUT2D eigenvalue weighted by molar-refractivity contribution is 5.61. The Bertz CT molecular complexity index is 468. The molecule has 0 fully saturated rings. The number of hydrogen-bond acceptors (Lipinski definition) is 5. The summed E-state index contributed by atoms with van der Waals surface area (Å²) in [6.07, 6.45) is 1.51. The number of hydrogen-bond donors (Lipinski definition) is 2. The first-order valence-corrected chi connectivity index (χ1v) is 5.12. The van der Waals surface area contributed by atoms with Crippen LogP contribution in [0.15, 0.2) is 28.8 Å². The molecule has 0 saturated carbocycles. The highest BCUT2D eigenvalue weighted by Gasteiger charge is 2.11. The van der Waals surface area contributed by atoms with Crippen molar-refractivity contribution in [2.45, 2.75) is 12.8 Å². The van der Waals surface area contributed by atoms with Crippen molar-refractivity contribution in [2.24, 2.45) is 5.73 Å². The van der Waals surface area contributed by atoms with Gasteiger partial charge < -0.3 is 15.4 Å². The van der Waals surface area contributed by atoms with Gasteiger partial charge in [0, 0.05) is 6.42 Å². The zero-order chi connectivity index (χ0) is 11.4. The number of para-hydroxylation sites is 1. The van der Waals surface area contributed by atoms with E-state index in [-0.39, 0.29) is 5.75 Å². The molecule has 5 nitrogen and oxygen atoms in total. The molecule has 0 saturated heterocycles. The molecular weight excluding hydrogens is 206 g/mol. The molecule has 0 amide bonds. The molecule has 0 aliphatic carbocycles. The third-order valence-corrected chi connectivity index (χ3v) is 2.21. The highest BCUT2D eigenvalue weighted by atomic mass is 16.5. The molecule has 3 N–H and O–H groups in total. The fourth-order valence-electron chi connectivity index (χ4n) is 1.38. The number of aryl methyl sites for hydroxylation is 1. The number of phenols is 1. The molecule has 1 heterocycles. The SMILES string of the molecule is NCCCc1noc(-c2ccccc2O)n1. The molecular formula is C11H13N3O2. The Hall–Kier alpha value is -1.88. The average Bonchev–Trinajstić information content (AvgIpc) is 2.75. The number of rotatable bonds is 4. The molecule has 2 aromatic rings. The second-order valence-corrected chi connectivity index (χ2v) is 3.43. The van der Waals surface area contributed by atoms with Gasteiger partial charge in [0.15, 0.2) is 5.82 Å². The normalized spacial score (nSPS) is 10.6. The Morgan fingerprint density at radius 1 is 1.31 bits per heavy atom. The number of nitrogens with zero attached hydrogens (tertiary/aromatic N) is 2. The van der Waals surface area contributed by atoms with Gasteiger partial charge in [-0.05, 0) is 25.1 Å². The van der Waals surface area contributed by atoms with Gasteiger partial charge in [0.2, 0.25) is 0 Å². The van der Waals surface area contributed by atoms with E-state index in [4.69, 9.17) is 10.3 Å². The summed E-state index contributed by atoms with van der Waals surface area (Å²) < 4.78 is 5.07. The van der Waals surface area contributed by atoms with Crippen LogP contribution < -0.4 is 5.73 Å². The summed E-state index contributed by atoms with van der Waals surface area (Å²) >= 11 is 0. The van der Waals surface area contributed by atoms with Crippen molar-refractivity contribution in [3.8, 4) is 17.2 Å². The summed E-state index contributed by atoms with van der Waals surface area (Å²) in [5.74, 6) is 1.09. The van der Waals surface area contributed by atoms with Gasteiger partial charge in [-0.25, -0.2) is 0 Å². The number of benzene rings is 1. The standard InChI is InChI=1S/C11H13N3O2/c12-7-3-6-10-13-11(16-14-10)8-4-1-2-5-9(8)15/h1-2,4-5,15H,3,6-7,12H2. The third-order valence-electron chi connectivity index (χ3n) is 2.21. The van der Waals surface area contributed by atoms with Crippen LogP contribution in [0.25, 0.3) is 11.5 Å². The Morgan fingerprint density at radius 2 is 2.12 bits per heavy atom. The van der Waals surface area contributed by atoms with Crippen LogP contribution >= 0.6 is 0 Å². The molecule has 84 valence electrons. The lowest BCUT2D eigenvalue weighted by Crippen LogP contribution is -2.01. The summed E-state index contributed by atoms with van der Waals surface area (Å²) in [5.41, 5.74) is 5.94. The van der Waals surface area contributed by atoms with Crippen molar-refractivity contribution in [2.75, 3.05) is 6.54 Å². The van der Waals surface area contributed by atoms with E-state index in [9.17, 15) is 5.11 Å². The summed E-state index contributed by atoms with van der Waals surface area (Å²) in [7, 11) is 0. The number of aromatic hydroxyl groups is 1. The molecule has 2 rings (SSSR count). The van der Waals surface area contributed by atoms with Crippen LogP contribution in [0.1, 0.15) is 12.2 Å². The second kappa shape index (κ2) is 4.76. The molecule has 0 bridgehead atoms. The topological polar surface area (TPSA) is 85.2 Å². The van der Waals surface area contributed by atoms with E-state index in [1.807, 2.05) is 0 Å². The Morgan fingerprint density at radius 3 is 2.88 bits per heavy atom. The van der Waals surface area contributed by atoms with Gasteiger partial charge in [0.1, 0.15) is 5.75 Å². The fourth-order valence-corrected chi connectivity index (χ4v) is 1.38.